The van der Waals surface area contributed by atoms with E-state index in [4.69, 9.17) is 16.7 Å². The lowest BCUT2D eigenvalue weighted by atomic mass is 10.1. The van der Waals surface area contributed by atoms with E-state index in [0.717, 1.165) is 28.5 Å². The molecule has 6 heteroatoms. The Kier molecular flexibility index (Phi) is 5.96. The van der Waals surface area contributed by atoms with Crippen LogP contribution in [-0.2, 0) is 6.42 Å². The first-order chi connectivity index (χ1) is 11.2. The molecule has 0 radical (unpaired) electrons. The number of aliphatic hydroxyl groups is 1. The maximum atomic E-state index is 8.88. The Labute approximate surface area is 136 Å². The highest BCUT2D eigenvalue weighted by molar-refractivity contribution is 6.02. The molecule has 122 valence electrons. The molecular weight excluding hydrogens is 290 g/mol. The van der Waals surface area contributed by atoms with Gasteiger partial charge in [0, 0.05) is 16.9 Å². The molecule has 0 atom stereocenters. The number of hydrazine groups is 1. The fraction of sp³-hybridized carbons (Fsp3) is 0.235. The highest BCUT2D eigenvalue weighted by Gasteiger charge is 2.09. The van der Waals surface area contributed by atoms with E-state index in [1.165, 1.54) is 5.56 Å². The second kappa shape index (κ2) is 8.17. The number of nitrogens with zero attached hydrogens (tertiary/aromatic N) is 2. The van der Waals surface area contributed by atoms with Gasteiger partial charge in [0.05, 0.1) is 13.2 Å². The zero-order valence-corrected chi connectivity index (χ0v) is 13.2. The van der Waals surface area contributed by atoms with E-state index >= 15 is 0 Å². The predicted molar refractivity (Wildman–Crippen MR) is 94.2 cm³/mol. The van der Waals surface area contributed by atoms with Gasteiger partial charge in [-0.05, 0) is 30.2 Å². The fourth-order valence-corrected chi connectivity index (χ4v) is 2.26. The van der Waals surface area contributed by atoms with E-state index in [0.29, 0.717) is 0 Å². The van der Waals surface area contributed by atoms with Crippen molar-refractivity contribution in [3.05, 3.63) is 59.7 Å². The molecule has 0 aliphatic carbocycles. The molecule has 2 aromatic rings. The molecule has 0 fully saturated rings. The zero-order chi connectivity index (χ0) is 16.7. The van der Waals surface area contributed by atoms with Crippen molar-refractivity contribution < 1.29 is 5.11 Å². The SMILES string of the molecule is CCc1ccccc1Nc1ccccc1/C(N)=N/N(N)CCO. The highest BCUT2D eigenvalue weighted by atomic mass is 16.3. The van der Waals surface area contributed by atoms with Gasteiger partial charge in [-0.15, -0.1) is 5.10 Å². The van der Waals surface area contributed by atoms with E-state index in [1.54, 1.807) is 0 Å². The number of nitrogens with two attached hydrogens (primary N) is 2. The van der Waals surface area contributed by atoms with Gasteiger partial charge in [-0.1, -0.05) is 37.3 Å². The van der Waals surface area contributed by atoms with Gasteiger partial charge in [0.1, 0.15) is 0 Å². The molecule has 0 saturated carbocycles. The van der Waals surface area contributed by atoms with E-state index in [2.05, 4.69) is 23.4 Å². The maximum absolute atomic E-state index is 8.88. The lowest BCUT2D eigenvalue weighted by Gasteiger charge is -2.16. The molecule has 6 N–H and O–H groups in total. The van der Waals surface area contributed by atoms with Crippen molar-refractivity contribution in [2.45, 2.75) is 13.3 Å². The van der Waals surface area contributed by atoms with Crippen molar-refractivity contribution in [1.82, 2.24) is 5.12 Å². The third-order valence-electron chi connectivity index (χ3n) is 3.44. The second-order valence-electron chi connectivity index (χ2n) is 5.05. The van der Waals surface area contributed by atoms with Gasteiger partial charge in [-0.3, -0.25) is 0 Å². The summed E-state index contributed by atoms with van der Waals surface area (Å²) in [4.78, 5) is 0. The van der Waals surface area contributed by atoms with Gasteiger partial charge in [0.2, 0.25) is 0 Å². The summed E-state index contributed by atoms with van der Waals surface area (Å²) < 4.78 is 0. The Morgan fingerprint density at radius 3 is 2.48 bits per heavy atom. The number of aliphatic hydroxyl groups excluding tert-OH is 1. The minimum Gasteiger partial charge on any atom is -0.394 e. The van der Waals surface area contributed by atoms with E-state index in [-0.39, 0.29) is 19.0 Å². The van der Waals surface area contributed by atoms with Crippen LogP contribution in [0.25, 0.3) is 0 Å². The molecule has 0 saturated heterocycles. The van der Waals surface area contributed by atoms with Crippen LogP contribution >= 0.6 is 0 Å². The van der Waals surface area contributed by atoms with Crippen LogP contribution in [0.5, 0.6) is 0 Å². The lowest BCUT2D eigenvalue weighted by molar-refractivity contribution is 0.204. The summed E-state index contributed by atoms with van der Waals surface area (Å²) in [7, 11) is 0. The van der Waals surface area contributed by atoms with Crippen molar-refractivity contribution >= 4 is 17.2 Å². The van der Waals surface area contributed by atoms with Crippen molar-refractivity contribution in [2.24, 2.45) is 16.7 Å². The summed E-state index contributed by atoms with van der Waals surface area (Å²) in [5, 5.41) is 17.5. The van der Waals surface area contributed by atoms with Gasteiger partial charge in [0.25, 0.3) is 0 Å². The largest absolute Gasteiger partial charge is 0.394 e. The van der Waals surface area contributed by atoms with Crippen LogP contribution in [0.15, 0.2) is 53.6 Å². The molecule has 0 unspecified atom stereocenters. The topological polar surface area (TPSA) is 99.9 Å². The standard InChI is InChI=1S/C17H23N5O/c1-2-13-7-3-5-9-15(13)20-16-10-6-4-8-14(16)17(18)21-22(19)11-12-23/h3-10,20,23H,2,11-12,19H2,1H3,(H2,18,21). The van der Waals surface area contributed by atoms with Crippen molar-refractivity contribution in [1.29, 1.82) is 0 Å². The lowest BCUT2D eigenvalue weighted by Crippen LogP contribution is -2.32. The molecule has 0 aromatic heterocycles. The van der Waals surface area contributed by atoms with Gasteiger partial charge < -0.3 is 16.2 Å². The number of nitrogens with one attached hydrogen (secondary N) is 1. The first-order valence-corrected chi connectivity index (χ1v) is 7.57. The number of hydrazone groups is 1. The van der Waals surface area contributed by atoms with Crippen molar-refractivity contribution in [3.8, 4) is 0 Å². The number of anilines is 2. The molecule has 0 aliphatic rings. The average molecular weight is 313 g/mol. The third kappa shape index (κ3) is 4.45. The molecule has 2 rings (SSSR count). The number of hydrogen-bond donors (Lipinski definition) is 4. The Bertz CT molecular complexity index is 672. The van der Waals surface area contributed by atoms with Crippen LogP contribution in [0.2, 0.25) is 0 Å². The monoisotopic (exact) mass is 313 g/mol. The molecule has 0 spiro atoms. The molecule has 0 amide bonds. The van der Waals surface area contributed by atoms with Crippen LogP contribution in [0.3, 0.4) is 0 Å². The average Bonchev–Trinajstić information content (AvgIpc) is 2.56. The Hall–Kier alpha value is -2.57. The number of benzene rings is 2. The van der Waals surface area contributed by atoms with Gasteiger partial charge in [0.15, 0.2) is 5.84 Å². The van der Waals surface area contributed by atoms with E-state index in [1.807, 2.05) is 42.5 Å². The smallest absolute Gasteiger partial charge is 0.154 e. The summed E-state index contributed by atoms with van der Waals surface area (Å²) in [6.45, 7) is 2.25. The fourth-order valence-electron chi connectivity index (χ4n) is 2.26. The Morgan fingerprint density at radius 2 is 1.78 bits per heavy atom. The summed E-state index contributed by atoms with van der Waals surface area (Å²) in [5.74, 6) is 5.95. The predicted octanol–water partition coefficient (Wildman–Crippen LogP) is 1.78. The first kappa shape index (κ1) is 16.8. The third-order valence-corrected chi connectivity index (χ3v) is 3.44. The molecule has 6 nitrogen and oxygen atoms in total. The Balaban J connectivity index is 2.30. The van der Waals surface area contributed by atoms with E-state index < -0.39 is 0 Å². The first-order valence-electron chi connectivity index (χ1n) is 7.57. The number of amidine groups is 1. The second-order valence-corrected chi connectivity index (χ2v) is 5.05. The van der Waals surface area contributed by atoms with Crippen molar-refractivity contribution in [2.75, 3.05) is 18.5 Å². The van der Waals surface area contributed by atoms with Crippen LogP contribution in [0.1, 0.15) is 18.1 Å². The summed E-state index contributed by atoms with van der Waals surface area (Å²) in [6.07, 6.45) is 0.933. The minimum atomic E-state index is -0.0863. The Morgan fingerprint density at radius 1 is 1.13 bits per heavy atom. The number of rotatable bonds is 7. The molecular formula is C17H23N5O. The van der Waals surface area contributed by atoms with Gasteiger partial charge in [-0.2, -0.15) is 0 Å². The minimum absolute atomic E-state index is 0.0863. The molecule has 23 heavy (non-hydrogen) atoms. The number of hydrogen-bond acceptors (Lipinski definition) is 5. The number of aryl methyl sites for hydroxylation is 1. The zero-order valence-electron chi connectivity index (χ0n) is 13.2. The molecule has 2 aromatic carbocycles. The maximum Gasteiger partial charge on any atom is 0.154 e. The molecule has 0 heterocycles. The highest BCUT2D eigenvalue weighted by Crippen LogP contribution is 2.24. The van der Waals surface area contributed by atoms with Crippen LogP contribution in [-0.4, -0.2) is 29.2 Å². The van der Waals surface area contributed by atoms with Gasteiger partial charge in [-0.25, -0.2) is 11.0 Å². The van der Waals surface area contributed by atoms with Gasteiger partial charge >= 0.3 is 0 Å². The van der Waals surface area contributed by atoms with Crippen LogP contribution in [0.4, 0.5) is 11.4 Å². The molecule has 0 aliphatic heterocycles. The van der Waals surface area contributed by atoms with E-state index in [9.17, 15) is 0 Å². The van der Waals surface area contributed by atoms with Crippen LogP contribution < -0.4 is 16.9 Å². The quantitative estimate of drug-likeness (QED) is 0.270. The van der Waals surface area contributed by atoms with Crippen molar-refractivity contribution in [3.63, 3.8) is 0 Å². The summed E-state index contributed by atoms with van der Waals surface area (Å²) in [6, 6.07) is 15.8. The van der Waals surface area contributed by atoms with Crippen LogP contribution in [0, 0.1) is 0 Å². The summed E-state index contributed by atoms with van der Waals surface area (Å²) >= 11 is 0. The summed E-state index contributed by atoms with van der Waals surface area (Å²) in [5.41, 5.74) is 9.93. The number of para-hydroxylation sites is 2. The normalized spacial score (nSPS) is 11.3. The molecule has 0 bridgehead atoms.